The van der Waals surface area contributed by atoms with Crippen molar-refractivity contribution in [1.82, 2.24) is 18.7 Å². The highest BCUT2D eigenvalue weighted by atomic mass is 32.2. The molecule has 3 aromatic carbocycles. The van der Waals surface area contributed by atoms with Crippen LogP contribution in [0.25, 0.3) is 28.0 Å². The predicted molar refractivity (Wildman–Crippen MR) is 150 cm³/mol. The van der Waals surface area contributed by atoms with Gasteiger partial charge in [0.25, 0.3) is 10.0 Å². The maximum Gasteiger partial charge on any atom is 0.319 e. The van der Waals surface area contributed by atoms with E-state index < -0.39 is 15.3 Å². The van der Waals surface area contributed by atoms with Crippen LogP contribution >= 0.6 is 11.8 Å². The SMILES string of the molecule is CCC(Sc1nnc(-c2cn(S(=O)(=O)c3ccccc3)c3ccccc23)n1-c1cccc(OC)c1)C(=O)OC. The van der Waals surface area contributed by atoms with Crippen molar-refractivity contribution in [2.45, 2.75) is 28.6 Å². The number of aromatic nitrogens is 4. The molecule has 2 aromatic heterocycles. The quantitative estimate of drug-likeness (QED) is 0.179. The van der Waals surface area contributed by atoms with E-state index in [-0.39, 0.29) is 10.9 Å². The second-order valence-corrected chi connectivity index (χ2v) is 11.5. The first-order valence-corrected chi connectivity index (χ1v) is 14.5. The zero-order valence-electron chi connectivity index (χ0n) is 21.5. The third kappa shape index (κ3) is 4.90. The maximum absolute atomic E-state index is 13.7. The van der Waals surface area contributed by atoms with Crippen LogP contribution in [0.2, 0.25) is 0 Å². The summed E-state index contributed by atoms with van der Waals surface area (Å²) in [4.78, 5) is 12.6. The summed E-state index contributed by atoms with van der Waals surface area (Å²) in [5, 5.41) is 9.57. The van der Waals surface area contributed by atoms with Crippen molar-refractivity contribution in [1.29, 1.82) is 0 Å². The normalized spacial score (nSPS) is 12.4. The highest BCUT2D eigenvalue weighted by Crippen LogP contribution is 2.37. The number of carbonyl (C=O) groups excluding carboxylic acids is 1. The van der Waals surface area contributed by atoms with Gasteiger partial charge in [0.1, 0.15) is 11.0 Å². The molecule has 0 aliphatic carbocycles. The lowest BCUT2D eigenvalue weighted by Crippen LogP contribution is -2.18. The van der Waals surface area contributed by atoms with E-state index in [9.17, 15) is 13.2 Å². The molecule has 0 saturated heterocycles. The van der Waals surface area contributed by atoms with Crippen LogP contribution in [-0.4, -0.2) is 52.6 Å². The fourth-order valence-electron chi connectivity index (χ4n) is 4.29. The van der Waals surface area contributed by atoms with Crippen molar-refractivity contribution in [2.24, 2.45) is 0 Å². The summed E-state index contributed by atoms with van der Waals surface area (Å²) in [6.45, 7) is 1.89. The molecule has 5 aromatic rings. The Morgan fingerprint density at radius 3 is 2.44 bits per heavy atom. The van der Waals surface area contributed by atoms with Crippen molar-refractivity contribution >= 4 is 38.7 Å². The van der Waals surface area contributed by atoms with E-state index in [1.807, 2.05) is 43.3 Å². The number of fused-ring (bicyclic) bond motifs is 1. The fraction of sp³-hybridized carbons (Fsp3) is 0.179. The van der Waals surface area contributed by atoms with Crippen molar-refractivity contribution in [3.05, 3.63) is 85.1 Å². The van der Waals surface area contributed by atoms with Crippen LogP contribution in [-0.2, 0) is 19.6 Å². The van der Waals surface area contributed by atoms with Crippen LogP contribution in [0, 0.1) is 0 Å². The van der Waals surface area contributed by atoms with Gasteiger partial charge in [0.05, 0.1) is 30.3 Å². The second kappa shape index (κ2) is 11.0. The molecule has 9 nitrogen and oxygen atoms in total. The highest BCUT2D eigenvalue weighted by molar-refractivity contribution is 8.00. The monoisotopic (exact) mass is 562 g/mol. The lowest BCUT2D eigenvalue weighted by atomic mass is 10.1. The van der Waals surface area contributed by atoms with Gasteiger partial charge in [-0.25, -0.2) is 12.4 Å². The average molecular weight is 563 g/mol. The van der Waals surface area contributed by atoms with Gasteiger partial charge in [0, 0.05) is 23.2 Å². The molecule has 2 heterocycles. The highest BCUT2D eigenvalue weighted by Gasteiger charge is 2.28. The molecule has 0 fully saturated rings. The minimum Gasteiger partial charge on any atom is -0.497 e. The van der Waals surface area contributed by atoms with Gasteiger partial charge in [-0.1, -0.05) is 61.2 Å². The molecule has 1 atom stereocenters. The topological polar surface area (TPSA) is 105 Å². The molecule has 0 amide bonds. The predicted octanol–water partition coefficient (Wildman–Crippen LogP) is 5.18. The number of thioether (sulfide) groups is 1. The molecule has 0 saturated carbocycles. The van der Waals surface area contributed by atoms with E-state index in [1.54, 1.807) is 60.3 Å². The van der Waals surface area contributed by atoms with Gasteiger partial charge in [-0.15, -0.1) is 10.2 Å². The third-order valence-electron chi connectivity index (χ3n) is 6.25. The standard InChI is InChI=1S/C28H26N4O5S2/c1-4-25(27(33)37-3)38-28-30-29-26(32(28)19-11-10-12-20(17-19)36-2)23-18-31(24-16-9-8-15-22(23)24)39(34,35)21-13-6-5-7-14-21/h5-18,25H,4H2,1-3H3. The minimum absolute atomic E-state index is 0.173. The summed E-state index contributed by atoms with van der Waals surface area (Å²) in [5.74, 6) is 0.677. The molecule has 0 spiro atoms. The molecular formula is C28H26N4O5S2. The first-order chi connectivity index (χ1) is 18.9. The lowest BCUT2D eigenvalue weighted by Gasteiger charge is -2.14. The Kier molecular flexibility index (Phi) is 7.45. The van der Waals surface area contributed by atoms with Gasteiger partial charge in [-0.05, 0) is 36.8 Å². The van der Waals surface area contributed by atoms with Gasteiger partial charge in [-0.2, -0.15) is 0 Å². The summed E-state index contributed by atoms with van der Waals surface area (Å²) in [7, 11) is -0.968. The average Bonchev–Trinajstić information content (AvgIpc) is 3.57. The number of carbonyl (C=O) groups is 1. The Hall–Kier alpha value is -4.09. The van der Waals surface area contributed by atoms with Crippen LogP contribution in [0.3, 0.4) is 0 Å². The van der Waals surface area contributed by atoms with Crippen LogP contribution in [0.5, 0.6) is 5.75 Å². The van der Waals surface area contributed by atoms with Crippen molar-refractivity contribution in [2.75, 3.05) is 14.2 Å². The van der Waals surface area contributed by atoms with Crippen LogP contribution in [0.4, 0.5) is 0 Å². The van der Waals surface area contributed by atoms with Crippen molar-refractivity contribution < 1.29 is 22.7 Å². The Labute approximate surface area is 230 Å². The largest absolute Gasteiger partial charge is 0.497 e. The number of esters is 1. The molecule has 0 aliphatic rings. The number of rotatable bonds is 9. The molecular weight excluding hydrogens is 536 g/mol. The number of benzene rings is 3. The molecule has 200 valence electrons. The lowest BCUT2D eigenvalue weighted by molar-refractivity contribution is -0.140. The first kappa shape index (κ1) is 26.5. The molecule has 0 bridgehead atoms. The van der Waals surface area contributed by atoms with Crippen LogP contribution in [0.15, 0.2) is 95.1 Å². The van der Waals surface area contributed by atoms with Gasteiger partial charge >= 0.3 is 5.97 Å². The Morgan fingerprint density at radius 1 is 0.974 bits per heavy atom. The third-order valence-corrected chi connectivity index (χ3v) is 9.22. The number of para-hydroxylation sites is 1. The van der Waals surface area contributed by atoms with E-state index in [0.717, 1.165) is 0 Å². The van der Waals surface area contributed by atoms with Gasteiger partial charge in [0.15, 0.2) is 11.0 Å². The Bertz CT molecular complexity index is 1750. The molecule has 1 unspecified atom stereocenters. The van der Waals surface area contributed by atoms with Gasteiger partial charge in [0.2, 0.25) is 0 Å². The molecule has 5 rings (SSSR count). The summed E-state index contributed by atoms with van der Waals surface area (Å²) >= 11 is 1.24. The smallest absolute Gasteiger partial charge is 0.319 e. The number of nitrogens with zero attached hydrogens (tertiary/aromatic N) is 4. The van der Waals surface area contributed by atoms with Gasteiger partial charge in [-0.3, -0.25) is 9.36 Å². The fourth-order valence-corrected chi connectivity index (χ4v) is 6.68. The molecule has 0 radical (unpaired) electrons. The maximum atomic E-state index is 13.7. The minimum atomic E-state index is -3.90. The Balaban J connectivity index is 1.75. The summed E-state index contributed by atoms with van der Waals surface area (Å²) < 4.78 is 40.9. The number of methoxy groups -OCH3 is 2. The van der Waals surface area contributed by atoms with Crippen LogP contribution in [0.1, 0.15) is 13.3 Å². The zero-order chi connectivity index (χ0) is 27.6. The van der Waals surface area contributed by atoms with Crippen molar-refractivity contribution in [3.63, 3.8) is 0 Å². The first-order valence-electron chi connectivity index (χ1n) is 12.1. The number of hydrogen-bond donors (Lipinski definition) is 0. The molecule has 0 N–H and O–H groups in total. The number of hydrogen-bond acceptors (Lipinski definition) is 8. The Morgan fingerprint density at radius 2 is 1.72 bits per heavy atom. The molecule has 39 heavy (non-hydrogen) atoms. The second-order valence-electron chi connectivity index (χ2n) is 8.55. The van der Waals surface area contributed by atoms with Crippen molar-refractivity contribution in [3.8, 4) is 22.8 Å². The van der Waals surface area contributed by atoms with E-state index in [0.29, 0.717) is 45.3 Å². The summed E-state index contributed by atoms with van der Waals surface area (Å²) in [6.07, 6.45) is 2.09. The van der Waals surface area contributed by atoms with Gasteiger partial charge < -0.3 is 9.47 Å². The van der Waals surface area contributed by atoms with E-state index in [1.165, 1.54) is 22.8 Å². The van der Waals surface area contributed by atoms with Crippen LogP contribution < -0.4 is 4.74 Å². The van der Waals surface area contributed by atoms with E-state index in [2.05, 4.69) is 10.2 Å². The summed E-state index contributed by atoms with van der Waals surface area (Å²) in [5.41, 5.74) is 1.77. The molecule has 0 aliphatic heterocycles. The summed E-state index contributed by atoms with van der Waals surface area (Å²) in [6, 6.07) is 22.9. The van der Waals surface area contributed by atoms with E-state index in [4.69, 9.17) is 9.47 Å². The zero-order valence-corrected chi connectivity index (χ0v) is 23.1. The molecule has 11 heteroatoms. The number of ether oxygens (including phenoxy) is 2. The van der Waals surface area contributed by atoms with E-state index >= 15 is 0 Å².